The van der Waals surface area contributed by atoms with E-state index in [4.69, 9.17) is 11.6 Å². The normalized spacial score (nSPS) is 16.1. The van der Waals surface area contributed by atoms with E-state index in [1.165, 1.54) is 6.92 Å². The molecule has 2 rings (SSSR count). The highest BCUT2D eigenvalue weighted by Gasteiger charge is 2.25. The second-order valence-corrected chi connectivity index (χ2v) is 6.18. The number of halogens is 2. The van der Waals surface area contributed by atoms with Crippen LogP contribution in [0.25, 0.3) is 0 Å². The number of amides is 2. The molecule has 0 aromatic heterocycles. The van der Waals surface area contributed by atoms with Crippen molar-refractivity contribution in [1.29, 1.82) is 0 Å². The highest BCUT2D eigenvalue weighted by molar-refractivity contribution is 9.10. The van der Waals surface area contributed by atoms with Crippen molar-refractivity contribution in [3.8, 4) is 0 Å². The van der Waals surface area contributed by atoms with E-state index in [-0.39, 0.29) is 17.9 Å². The number of carbonyl (C=O) groups is 2. The second-order valence-electron chi connectivity index (χ2n) is 4.89. The van der Waals surface area contributed by atoms with Crippen molar-refractivity contribution in [3.63, 3.8) is 0 Å². The fourth-order valence-electron chi connectivity index (χ4n) is 2.35. The van der Waals surface area contributed by atoms with Gasteiger partial charge < -0.3 is 10.2 Å². The fourth-order valence-corrected chi connectivity index (χ4v) is 3.20. The van der Waals surface area contributed by atoms with Crippen molar-refractivity contribution >= 4 is 39.3 Å². The Morgan fingerprint density at radius 3 is 2.55 bits per heavy atom. The molecule has 0 saturated carbocycles. The van der Waals surface area contributed by atoms with Gasteiger partial charge in [0, 0.05) is 35.6 Å². The lowest BCUT2D eigenvalue weighted by Crippen LogP contribution is -2.46. The molecule has 0 unspecified atom stereocenters. The third-order valence-corrected chi connectivity index (χ3v) is 4.24. The predicted molar refractivity (Wildman–Crippen MR) is 81.9 cm³/mol. The molecule has 0 atom stereocenters. The lowest BCUT2D eigenvalue weighted by molar-refractivity contribution is -0.119. The predicted octanol–water partition coefficient (Wildman–Crippen LogP) is 2.84. The number of likely N-dealkylation sites (tertiary alicyclic amines) is 1. The molecule has 1 aliphatic heterocycles. The molecule has 1 heterocycles. The van der Waals surface area contributed by atoms with Crippen molar-refractivity contribution in [1.82, 2.24) is 10.2 Å². The van der Waals surface area contributed by atoms with Gasteiger partial charge in [-0.1, -0.05) is 11.6 Å². The molecular formula is C14H16BrClN2O2. The van der Waals surface area contributed by atoms with Crippen LogP contribution < -0.4 is 5.32 Å². The summed E-state index contributed by atoms with van der Waals surface area (Å²) < 4.78 is 0.707. The number of rotatable bonds is 2. The number of carbonyl (C=O) groups excluding carboxylic acids is 2. The summed E-state index contributed by atoms with van der Waals surface area (Å²) in [6, 6.07) is 5.34. The molecule has 6 heteroatoms. The van der Waals surface area contributed by atoms with E-state index in [9.17, 15) is 9.59 Å². The zero-order chi connectivity index (χ0) is 14.7. The molecule has 1 fully saturated rings. The van der Waals surface area contributed by atoms with Gasteiger partial charge in [0.15, 0.2) is 0 Å². The van der Waals surface area contributed by atoms with Gasteiger partial charge in [0.1, 0.15) is 0 Å². The molecule has 0 aliphatic carbocycles. The van der Waals surface area contributed by atoms with Crippen molar-refractivity contribution in [3.05, 3.63) is 33.3 Å². The molecule has 2 amide bonds. The number of piperidine rings is 1. The van der Waals surface area contributed by atoms with Gasteiger partial charge in [0.2, 0.25) is 5.91 Å². The molecule has 0 bridgehead atoms. The third-order valence-electron chi connectivity index (χ3n) is 3.35. The van der Waals surface area contributed by atoms with Gasteiger partial charge in [0.05, 0.1) is 5.56 Å². The van der Waals surface area contributed by atoms with Gasteiger partial charge in [-0.3, -0.25) is 9.59 Å². The SMILES string of the molecule is CC(=O)NC1CCN(C(=O)c2ccc(Cl)cc2Br)CC1. The van der Waals surface area contributed by atoms with Crippen molar-refractivity contribution in [2.24, 2.45) is 0 Å². The summed E-state index contributed by atoms with van der Waals surface area (Å²) in [6.07, 6.45) is 1.58. The van der Waals surface area contributed by atoms with Gasteiger partial charge in [-0.2, -0.15) is 0 Å². The largest absolute Gasteiger partial charge is 0.353 e. The Hall–Kier alpha value is -1.07. The Labute approximate surface area is 131 Å². The molecular weight excluding hydrogens is 344 g/mol. The van der Waals surface area contributed by atoms with E-state index in [1.807, 2.05) is 4.90 Å². The Kier molecular flexibility index (Phi) is 5.05. The van der Waals surface area contributed by atoms with Crippen LogP contribution in [0.5, 0.6) is 0 Å². The monoisotopic (exact) mass is 358 g/mol. The van der Waals surface area contributed by atoms with E-state index in [0.717, 1.165) is 12.8 Å². The summed E-state index contributed by atoms with van der Waals surface area (Å²) in [5, 5.41) is 3.49. The maximum Gasteiger partial charge on any atom is 0.255 e. The van der Waals surface area contributed by atoms with Crippen LogP contribution >= 0.6 is 27.5 Å². The van der Waals surface area contributed by atoms with Crippen LogP contribution in [0.2, 0.25) is 5.02 Å². The fraction of sp³-hybridized carbons (Fsp3) is 0.429. The van der Waals surface area contributed by atoms with E-state index < -0.39 is 0 Å². The maximum absolute atomic E-state index is 12.4. The molecule has 0 radical (unpaired) electrons. The van der Waals surface area contributed by atoms with Crippen LogP contribution in [0.4, 0.5) is 0 Å². The zero-order valence-corrected chi connectivity index (χ0v) is 13.5. The van der Waals surface area contributed by atoms with Crippen LogP contribution in [-0.2, 0) is 4.79 Å². The minimum Gasteiger partial charge on any atom is -0.353 e. The van der Waals surface area contributed by atoms with Gasteiger partial charge >= 0.3 is 0 Å². The lowest BCUT2D eigenvalue weighted by atomic mass is 10.0. The van der Waals surface area contributed by atoms with Gasteiger partial charge in [-0.15, -0.1) is 0 Å². The summed E-state index contributed by atoms with van der Waals surface area (Å²) in [6.45, 7) is 2.82. The molecule has 0 spiro atoms. The molecule has 1 aromatic rings. The molecule has 108 valence electrons. The van der Waals surface area contributed by atoms with Crippen LogP contribution in [-0.4, -0.2) is 35.8 Å². The van der Waals surface area contributed by atoms with E-state index in [1.54, 1.807) is 18.2 Å². The van der Waals surface area contributed by atoms with E-state index >= 15 is 0 Å². The van der Waals surface area contributed by atoms with E-state index in [2.05, 4.69) is 21.2 Å². The van der Waals surface area contributed by atoms with Gasteiger partial charge in [-0.25, -0.2) is 0 Å². The lowest BCUT2D eigenvalue weighted by Gasteiger charge is -2.32. The Morgan fingerprint density at radius 1 is 1.35 bits per heavy atom. The first-order valence-electron chi connectivity index (χ1n) is 6.49. The standard InChI is InChI=1S/C14H16BrClN2O2/c1-9(19)17-11-4-6-18(7-5-11)14(20)12-3-2-10(16)8-13(12)15/h2-3,8,11H,4-7H2,1H3,(H,17,19). The first-order valence-corrected chi connectivity index (χ1v) is 7.66. The first kappa shape index (κ1) is 15.3. The highest BCUT2D eigenvalue weighted by atomic mass is 79.9. The molecule has 1 N–H and O–H groups in total. The summed E-state index contributed by atoms with van der Waals surface area (Å²) in [5.41, 5.74) is 0.618. The summed E-state index contributed by atoms with van der Waals surface area (Å²) >= 11 is 9.25. The summed E-state index contributed by atoms with van der Waals surface area (Å²) in [5.74, 6) is -0.0231. The molecule has 1 aliphatic rings. The second kappa shape index (κ2) is 6.59. The van der Waals surface area contributed by atoms with Gasteiger partial charge in [-0.05, 0) is 47.0 Å². The van der Waals surface area contributed by atoms with Crippen LogP contribution in [0.15, 0.2) is 22.7 Å². The number of hydrogen-bond acceptors (Lipinski definition) is 2. The zero-order valence-electron chi connectivity index (χ0n) is 11.2. The van der Waals surface area contributed by atoms with Crippen molar-refractivity contribution in [2.75, 3.05) is 13.1 Å². The molecule has 4 nitrogen and oxygen atoms in total. The van der Waals surface area contributed by atoms with Crippen LogP contribution in [0.1, 0.15) is 30.1 Å². The highest BCUT2D eigenvalue weighted by Crippen LogP contribution is 2.24. The molecule has 20 heavy (non-hydrogen) atoms. The quantitative estimate of drug-likeness (QED) is 0.883. The smallest absolute Gasteiger partial charge is 0.255 e. The number of nitrogens with zero attached hydrogens (tertiary/aromatic N) is 1. The average molecular weight is 360 g/mol. The molecule has 1 saturated heterocycles. The van der Waals surface area contributed by atoms with E-state index in [0.29, 0.717) is 28.1 Å². The average Bonchev–Trinajstić information content (AvgIpc) is 2.38. The number of nitrogens with one attached hydrogen (secondary N) is 1. The first-order chi connectivity index (χ1) is 9.47. The van der Waals surface area contributed by atoms with Crippen LogP contribution in [0, 0.1) is 0 Å². The number of benzene rings is 1. The van der Waals surface area contributed by atoms with Crippen molar-refractivity contribution in [2.45, 2.75) is 25.8 Å². The Balaban J connectivity index is 1.99. The topological polar surface area (TPSA) is 49.4 Å². The summed E-state index contributed by atoms with van der Waals surface area (Å²) in [4.78, 5) is 25.3. The minimum atomic E-state index is -0.0183. The Bertz CT molecular complexity index is 528. The number of hydrogen-bond donors (Lipinski definition) is 1. The minimum absolute atomic E-state index is 0.00480. The van der Waals surface area contributed by atoms with Crippen LogP contribution in [0.3, 0.4) is 0 Å². The molecule has 1 aromatic carbocycles. The van der Waals surface area contributed by atoms with Crippen molar-refractivity contribution < 1.29 is 9.59 Å². The summed E-state index contributed by atoms with van der Waals surface area (Å²) in [7, 11) is 0. The third kappa shape index (κ3) is 3.73. The Morgan fingerprint density at radius 2 is 2.00 bits per heavy atom. The van der Waals surface area contributed by atoms with Gasteiger partial charge in [0.25, 0.3) is 5.91 Å². The maximum atomic E-state index is 12.4.